The smallest absolute Gasteiger partial charge is 0.338 e. The van der Waals surface area contributed by atoms with Gasteiger partial charge < -0.3 is 15.2 Å². The number of aromatic hydroxyl groups is 1. The third-order valence-electron chi connectivity index (χ3n) is 8.27. The van der Waals surface area contributed by atoms with Gasteiger partial charge in [-0.1, -0.05) is 58.4 Å². The summed E-state index contributed by atoms with van der Waals surface area (Å²) in [6.45, 7) is 9.47. The van der Waals surface area contributed by atoms with Gasteiger partial charge in [0.1, 0.15) is 5.75 Å². The third-order valence-corrected chi connectivity index (χ3v) is 8.27. The molecular weight excluding hydrogens is 426 g/mol. The van der Waals surface area contributed by atoms with Gasteiger partial charge in [0, 0.05) is 6.54 Å². The lowest BCUT2D eigenvalue weighted by Gasteiger charge is -2.55. The molecule has 4 rings (SSSR count). The summed E-state index contributed by atoms with van der Waals surface area (Å²) in [6, 6.07) is 13.0. The normalized spacial score (nSPS) is 25.9. The number of phenolic OH excluding ortho intramolecular Hbond substituents is 1. The molecule has 3 unspecified atom stereocenters. The lowest BCUT2D eigenvalue weighted by molar-refractivity contribution is -0.125. The number of rotatable bonds is 6. The molecule has 2 N–H and O–H groups in total. The second-order valence-electron chi connectivity index (χ2n) is 11.0. The number of esters is 1. The molecule has 3 atom stereocenters. The van der Waals surface area contributed by atoms with Crippen molar-refractivity contribution in [2.45, 2.75) is 71.1 Å². The summed E-state index contributed by atoms with van der Waals surface area (Å²) in [6.07, 6.45) is 5.61. The van der Waals surface area contributed by atoms with Crippen LogP contribution in [0.2, 0.25) is 0 Å². The Morgan fingerprint density at radius 1 is 1.15 bits per heavy atom. The standard InChI is InChI=1S/C29H37NO4/c1-19(2)20-9-11-24-21(15-20)10-12-25-28(3,13-6-14-29(24,25)4)18-30-26(32)17-34-27(33)22-7-5-8-23(31)16-22/h5,7-9,11,15-16,19,25,31H,6,10,12-14,17-18H2,1-4H3,(H,30,32). The minimum atomic E-state index is -0.618. The Bertz CT molecular complexity index is 1080. The Morgan fingerprint density at radius 2 is 1.94 bits per heavy atom. The zero-order valence-electron chi connectivity index (χ0n) is 20.8. The van der Waals surface area contributed by atoms with Gasteiger partial charge in [0.2, 0.25) is 0 Å². The van der Waals surface area contributed by atoms with E-state index in [1.165, 1.54) is 35.2 Å². The van der Waals surface area contributed by atoms with Crippen LogP contribution in [0.4, 0.5) is 0 Å². The first kappa shape index (κ1) is 24.3. The molecule has 5 nitrogen and oxygen atoms in total. The fourth-order valence-corrected chi connectivity index (χ4v) is 6.41. The van der Waals surface area contributed by atoms with Crippen LogP contribution in [0.5, 0.6) is 5.75 Å². The van der Waals surface area contributed by atoms with Crippen LogP contribution in [0.25, 0.3) is 0 Å². The summed E-state index contributed by atoms with van der Waals surface area (Å²) in [7, 11) is 0. The summed E-state index contributed by atoms with van der Waals surface area (Å²) in [5, 5.41) is 12.6. The van der Waals surface area contributed by atoms with Crippen LogP contribution in [-0.2, 0) is 21.4 Å². The Hall–Kier alpha value is -2.82. The lowest BCUT2D eigenvalue weighted by atomic mass is 9.49. The van der Waals surface area contributed by atoms with E-state index in [9.17, 15) is 14.7 Å². The summed E-state index contributed by atoms with van der Waals surface area (Å²) in [5.41, 5.74) is 4.73. The predicted molar refractivity (Wildman–Crippen MR) is 133 cm³/mol. The number of carbonyl (C=O) groups excluding carboxylic acids is 2. The first-order valence-electron chi connectivity index (χ1n) is 12.5. The monoisotopic (exact) mass is 463 g/mol. The highest BCUT2D eigenvalue weighted by molar-refractivity contribution is 5.91. The number of aryl methyl sites for hydroxylation is 1. The molecule has 0 aromatic heterocycles. The maximum Gasteiger partial charge on any atom is 0.338 e. The first-order valence-corrected chi connectivity index (χ1v) is 12.5. The Balaban J connectivity index is 1.40. The Morgan fingerprint density at radius 3 is 2.68 bits per heavy atom. The van der Waals surface area contributed by atoms with Gasteiger partial charge in [-0.15, -0.1) is 0 Å². The molecule has 1 amide bonds. The number of hydrogen-bond donors (Lipinski definition) is 2. The van der Waals surface area contributed by atoms with Crippen LogP contribution in [0.15, 0.2) is 42.5 Å². The topological polar surface area (TPSA) is 75.6 Å². The third kappa shape index (κ3) is 4.70. The van der Waals surface area contributed by atoms with Crippen molar-refractivity contribution < 1.29 is 19.4 Å². The van der Waals surface area contributed by atoms with Crippen molar-refractivity contribution in [1.82, 2.24) is 5.32 Å². The number of carbonyl (C=O) groups is 2. The molecule has 5 heteroatoms. The maximum atomic E-state index is 12.5. The van der Waals surface area contributed by atoms with Crippen molar-refractivity contribution in [2.75, 3.05) is 13.2 Å². The SMILES string of the molecule is CC(C)c1ccc2c(c1)CCC1C(C)(CNC(=O)COC(=O)c3cccc(O)c3)CCCC21C. The predicted octanol–water partition coefficient (Wildman–Crippen LogP) is 5.50. The van der Waals surface area contributed by atoms with Crippen molar-refractivity contribution in [1.29, 1.82) is 0 Å². The Kier molecular flexibility index (Phi) is 6.75. The van der Waals surface area contributed by atoms with Crippen molar-refractivity contribution in [3.63, 3.8) is 0 Å². The van der Waals surface area contributed by atoms with E-state index in [-0.39, 0.29) is 34.7 Å². The molecule has 0 saturated heterocycles. The van der Waals surface area contributed by atoms with Gasteiger partial charge in [0.25, 0.3) is 5.91 Å². The highest BCUT2D eigenvalue weighted by Gasteiger charge is 2.51. The van der Waals surface area contributed by atoms with Gasteiger partial charge in [-0.05, 0) is 83.2 Å². The summed E-state index contributed by atoms with van der Waals surface area (Å²) in [4.78, 5) is 24.7. The largest absolute Gasteiger partial charge is 0.508 e. The van der Waals surface area contributed by atoms with E-state index >= 15 is 0 Å². The van der Waals surface area contributed by atoms with E-state index < -0.39 is 5.97 Å². The molecule has 34 heavy (non-hydrogen) atoms. The number of benzene rings is 2. The molecule has 182 valence electrons. The van der Waals surface area contributed by atoms with E-state index in [0.717, 1.165) is 25.7 Å². The number of fused-ring (bicyclic) bond motifs is 3. The minimum Gasteiger partial charge on any atom is -0.508 e. The summed E-state index contributed by atoms with van der Waals surface area (Å²) < 4.78 is 5.16. The van der Waals surface area contributed by atoms with E-state index in [1.807, 2.05) is 0 Å². The van der Waals surface area contributed by atoms with E-state index in [1.54, 1.807) is 12.1 Å². The average Bonchev–Trinajstić information content (AvgIpc) is 2.80. The van der Waals surface area contributed by atoms with Crippen molar-refractivity contribution in [3.05, 3.63) is 64.7 Å². The molecule has 0 aliphatic heterocycles. The number of ether oxygens (including phenoxy) is 1. The molecule has 0 bridgehead atoms. The highest BCUT2D eigenvalue weighted by atomic mass is 16.5. The van der Waals surface area contributed by atoms with Crippen LogP contribution in [-0.4, -0.2) is 30.1 Å². The van der Waals surface area contributed by atoms with Crippen LogP contribution >= 0.6 is 0 Å². The highest BCUT2D eigenvalue weighted by Crippen LogP contribution is 2.57. The summed E-state index contributed by atoms with van der Waals surface area (Å²) in [5.74, 6) is 0.0965. The van der Waals surface area contributed by atoms with E-state index in [2.05, 4.69) is 51.2 Å². The van der Waals surface area contributed by atoms with Gasteiger partial charge in [-0.2, -0.15) is 0 Å². The van der Waals surface area contributed by atoms with Gasteiger partial charge in [-0.25, -0.2) is 4.79 Å². The zero-order valence-corrected chi connectivity index (χ0v) is 20.8. The maximum absolute atomic E-state index is 12.5. The van der Waals surface area contributed by atoms with Crippen molar-refractivity contribution in [3.8, 4) is 5.75 Å². The van der Waals surface area contributed by atoms with Crippen LogP contribution in [0, 0.1) is 11.3 Å². The van der Waals surface area contributed by atoms with Crippen molar-refractivity contribution >= 4 is 11.9 Å². The van der Waals surface area contributed by atoms with E-state index in [4.69, 9.17) is 4.74 Å². The fraction of sp³-hybridized carbons (Fsp3) is 0.517. The van der Waals surface area contributed by atoms with Gasteiger partial charge >= 0.3 is 5.97 Å². The number of amides is 1. The molecule has 2 aromatic rings. The van der Waals surface area contributed by atoms with Crippen LogP contribution in [0.1, 0.15) is 86.3 Å². The molecule has 2 aromatic carbocycles. The Labute approximate surface area is 202 Å². The van der Waals surface area contributed by atoms with Gasteiger partial charge in [-0.3, -0.25) is 4.79 Å². The van der Waals surface area contributed by atoms with Crippen LogP contribution < -0.4 is 5.32 Å². The average molecular weight is 464 g/mol. The molecule has 0 radical (unpaired) electrons. The van der Waals surface area contributed by atoms with E-state index in [0.29, 0.717) is 18.4 Å². The number of phenols is 1. The molecule has 1 fully saturated rings. The van der Waals surface area contributed by atoms with Gasteiger partial charge in [0.15, 0.2) is 6.61 Å². The second kappa shape index (κ2) is 9.44. The van der Waals surface area contributed by atoms with Crippen LogP contribution in [0.3, 0.4) is 0 Å². The minimum absolute atomic E-state index is 0.00764. The lowest BCUT2D eigenvalue weighted by Crippen LogP contribution is -2.53. The molecule has 0 heterocycles. The molecule has 2 aliphatic rings. The van der Waals surface area contributed by atoms with Gasteiger partial charge in [0.05, 0.1) is 5.56 Å². The second-order valence-corrected chi connectivity index (χ2v) is 11.0. The zero-order chi connectivity index (χ0) is 24.5. The molecule has 2 aliphatic carbocycles. The first-order chi connectivity index (χ1) is 16.1. The number of nitrogens with one attached hydrogen (secondary N) is 1. The fourth-order valence-electron chi connectivity index (χ4n) is 6.41. The number of hydrogen-bond acceptors (Lipinski definition) is 4. The van der Waals surface area contributed by atoms with Crippen molar-refractivity contribution in [2.24, 2.45) is 11.3 Å². The molecule has 1 saturated carbocycles. The summed E-state index contributed by atoms with van der Waals surface area (Å²) >= 11 is 0. The quantitative estimate of drug-likeness (QED) is 0.555. The molecule has 0 spiro atoms. The molecular formula is C29H37NO4.